The van der Waals surface area contributed by atoms with Gasteiger partial charge in [-0.3, -0.25) is 0 Å². The van der Waals surface area contributed by atoms with Crippen LogP contribution in [0.3, 0.4) is 0 Å². The van der Waals surface area contributed by atoms with Crippen molar-refractivity contribution in [2.75, 3.05) is 28.2 Å². The number of rotatable bonds is 0. The van der Waals surface area contributed by atoms with Crippen molar-refractivity contribution in [2.24, 2.45) is 0 Å². The fraction of sp³-hybridized carbons (Fsp3) is 1.00. The Labute approximate surface area is 62.6 Å². The van der Waals surface area contributed by atoms with Crippen LogP contribution in [0, 0.1) is 0 Å². The largest absolute Gasteiger partial charge is 1.00 e. The first-order valence-corrected chi connectivity index (χ1v) is 1.79. The molecule has 0 aliphatic rings. The van der Waals surface area contributed by atoms with E-state index in [0.29, 0.717) is 0 Å². The zero-order chi connectivity index (χ0) is 4.50. The van der Waals surface area contributed by atoms with E-state index in [9.17, 15) is 0 Å². The first-order chi connectivity index (χ1) is 2.00. The van der Waals surface area contributed by atoms with Crippen LogP contribution in [0.5, 0.6) is 0 Å². The van der Waals surface area contributed by atoms with Crippen LogP contribution in [-0.4, -0.2) is 32.7 Å². The summed E-state index contributed by atoms with van der Waals surface area (Å²) in [4.78, 5) is 0. The molecule has 0 atom stereocenters. The van der Waals surface area contributed by atoms with Crippen molar-refractivity contribution < 1.29 is 34.0 Å². The predicted molar refractivity (Wildman–Crippen MR) is 24.0 cm³/mol. The van der Waals surface area contributed by atoms with Crippen molar-refractivity contribution in [1.29, 1.82) is 0 Å². The molecule has 3 heteroatoms. The monoisotopic (exact) mass is 172 g/mol. The molecule has 0 bridgehead atoms. The molecule has 1 nitrogen and oxygen atoms in total. The van der Waals surface area contributed by atoms with Gasteiger partial charge in [0, 0.05) is 0 Å². The van der Waals surface area contributed by atoms with Crippen LogP contribution in [-0.2, 0) is 17.1 Å². The Kier molecular flexibility index (Phi) is 11.0. The van der Waals surface area contributed by atoms with Crippen molar-refractivity contribution in [1.82, 2.24) is 0 Å². The van der Waals surface area contributed by atoms with Crippen LogP contribution >= 0.6 is 0 Å². The quantitative estimate of drug-likeness (QED) is 0.277. The SMILES string of the molecule is C[N+](C)(C)C.[Cl-].[Cu+]. The molecule has 0 aromatic rings. The number of halogens is 1. The van der Waals surface area contributed by atoms with Crippen molar-refractivity contribution >= 4 is 0 Å². The van der Waals surface area contributed by atoms with E-state index in [1.165, 1.54) is 0 Å². The molecule has 7 heavy (non-hydrogen) atoms. The zero-order valence-corrected chi connectivity index (χ0v) is 6.82. The van der Waals surface area contributed by atoms with Crippen molar-refractivity contribution in [3.05, 3.63) is 0 Å². The number of hydrogen-bond acceptors (Lipinski definition) is 0. The molecule has 0 saturated heterocycles. The number of nitrogens with zero attached hydrogens (tertiary/aromatic N) is 1. The van der Waals surface area contributed by atoms with Crippen LogP contribution in [0.15, 0.2) is 0 Å². The van der Waals surface area contributed by atoms with Gasteiger partial charge in [-0.2, -0.15) is 0 Å². The molecule has 0 radical (unpaired) electrons. The van der Waals surface area contributed by atoms with Gasteiger partial charge in [0.25, 0.3) is 0 Å². The van der Waals surface area contributed by atoms with Gasteiger partial charge < -0.3 is 16.9 Å². The molecule has 0 aromatic carbocycles. The Bertz CT molecular complexity index is 27.2. The van der Waals surface area contributed by atoms with Crippen LogP contribution < -0.4 is 12.4 Å². The van der Waals surface area contributed by atoms with E-state index in [2.05, 4.69) is 28.2 Å². The molecule has 0 fully saturated rings. The van der Waals surface area contributed by atoms with Crippen LogP contribution in [0.2, 0.25) is 0 Å². The van der Waals surface area contributed by atoms with Gasteiger partial charge >= 0.3 is 17.1 Å². The van der Waals surface area contributed by atoms with Gasteiger partial charge in [-0.1, -0.05) is 0 Å². The molecule has 0 amide bonds. The Morgan fingerprint density at radius 1 is 0.857 bits per heavy atom. The first-order valence-electron chi connectivity index (χ1n) is 1.79. The minimum Gasteiger partial charge on any atom is -1.00 e. The van der Waals surface area contributed by atoms with Gasteiger partial charge in [0.15, 0.2) is 0 Å². The van der Waals surface area contributed by atoms with Gasteiger partial charge in [0.05, 0.1) is 28.2 Å². The Balaban J connectivity index is -0.0000000800. The average Bonchev–Trinajstić information content (AvgIpc) is 0.722. The number of hydrogen-bond donors (Lipinski definition) is 0. The third kappa shape index (κ3) is 260. The molecule has 0 rings (SSSR count). The minimum atomic E-state index is 0. The normalized spacial score (nSPS) is 8.57. The van der Waals surface area contributed by atoms with Gasteiger partial charge in [0.1, 0.15) is 0 Å². The van der Waals surface area contributed by atoms with E-state index < -0.39 is 0 Å². The second-order valence-electron chi connectivity index (χ2n) is 2.68. The van der Waals surface area contributed by atoms with E-state index >= 15 is 0 Å². The maximum atomic E-state index is 2.12. The van der Waals surface area contributed by atoms with Crippen LogP contribution in [0.1, 0.15) is 0 Å². The maximum Gasteiger partial charge on any atom is 1.00 e. The van der Waals surface area contributed by atoms with E-state index in [1.807, 2.05) is 0 Å². The summed E-state index contributed by atoms with van der Waals surface area (Å²) in [5.41, 5.74) is 0. The summed E-state index contributed by atoms with van der Waals surface area (Å²) >= 11 is 0. The topological polar surface area (TPSA) is 0 Å². The van der Waals surface area contributed by atoms with Gasteiger partial charge in [-0.05, 0) is 0 Å². The van der Waals surface area contributed by atoms with E-state index in [4.69, 9.17) is 0 Å². The Hall–Kier alpha value is 0.769. The summed E-state index contributed by atoms with van der Waals surface area (Å²) in [6.45, 7) is 0. The molecule has 50 valence electrons. The fourth-order valence-corrected chi connectivity index (χ4v) is 0. The van der Waals surface area contributed by atoms with E-state index in [0.717, 1.165) is 4.48 Å². The second kappa shape index (κ2) is 4.92. The third-order valence-electron chi connectivity index (χ3n) is 0. The molecular weight excluding hydrogens is 161 g/mol. The van der Waals surface area contributed by atoms with Crippen molar-refractivity contribution in [3.8, 4) is 0 Å². The molecule has 0 aromatic heterocycles. The molecule has 0 heterocycles. The van der Waals surface area contributed by atoms with Crippen molar-refractivity contribution in [3.63, 3.8) is 0 Å². The van der Waals surface area contributed by atoms with Crippen LogP contribution in [0.25, 0.3) is 0 Å². The summed E-state index contributed by atoms with van der Waals surface area (Å²) in [6.07, 6.45) is 0. The second-order valence-corrected chi connectivity index (χ2v) is 2.68. The first kappa shape index (κ1) is 15.7. The zero-order valence-electron chi connectivity index (χ0n) is 5.13. The summed E-state index contributed by atoms with van der Waals surface area (Å²) in [5.74, 6) is 0. The smallest absolute Gasteiger partial charge is 1.00 e. The number of quaternary nitrogens is 1. The van der Waals surface area contributed by atoms with Crippen LogP contribution in [0.4, 0.5) is 0 Å². The molecule has 0 aliphatic carbocycles. The van der Waals surface area contributed by atoms with Gasteiger partial charge in [-0.25, -0.2) is 0 Å². The summed E-state index contributed by atoms with van der Waals surface area (Å²) < 4.78 is 1.00. The molecule has 0 N–H and O–H groups in total. The molecule has 0 saturated carbocycles. The van der Waals surface area contributed by atoms with E-state index in [1.54, 1.807) is 0 Å². The summed E-state index contributed by atoms with van der Waals surface area (Å²) in [5, 5.41) is 0. The van der Waals surface area contributed by atoms with Gasteiger partial charge in [0.2, 0.25) is 0 Å². The Morgan fingerprint density at radius 2 is 0.857 bits per heavy atom. The Morgan fingerprint density at radius 3 is 0.857 bits per heavy atom. The molecule has 0 unspecified atom stereocenters. The summed E-state index contributed by atoms with van der Waals surface area (Å²) in [6, 6.07) is 0. The molecular formula is C4H12ClCuN+. The maximum absolute atomic E-state index is 2.12. The molecule has 0 spiro atoms. The van der Waals surface area contributed by atoms with E-state index in [-0.39, 0.29) is 29.5 Å². The fourth-order valence-electron chi connectivity index (χ4n) is 0. The average molecular weight is 173 g/mol. The van der Waals surface area contributed by atoms with Gasteiger partial charge in [-0.15, -0.1) is 0 Å². The minimum absolute atomic E-state index is 0. The molecule has 0 aliphatic heterocycles. The third-order valence-corrected chi connectivity index (χ3v) is 0. The standard InChI is InChI=1S/C4H12N.ClH.Cu/c1-5(2,3)4;;/h1-4H3;1H;/q+1;;+1/p-1. The predicted octanol–water partition coefficient (Wildman–Crippen LogP) is -2.68. The van der Waals surface area contributed by atoms with Crippen molar-refractivity contribution in [2.45, 2.75) is 0 Å². The summed E-state index contributed by atoms with van der Waals surface area (Å²) in [7, 11) is 8.50.